The summed E-state index contributed by atoms with van der Waals surface area (Å²) >= 11 is 0. The lowest BCUT2D eigenvalue weighted by Crippen LogP contribution is -2.12. The molecule has 0 unspecified atom stereocenters. The van der Waals surface area contributed by atoms with E-state index >= 15 is 0 Å². The molecule has 2 aromatic rings. The summed E-state index contributed by atoms with van der Waals surface area (Å²) in [5.74, 6) is -0.0191. The topological polar surface area (TPSA) is 47.8 Å². The van der Waals surface area contributed by atoms with Gasteiger partial charge in [-0.05, 0) is 39.0 Å². The summed E-state index contributed by atoms with van der Waals surface area (Å²) in [6.45, 7) is 6.42. The van der Waals surface area contributed by atoms with E-state index in [0.29, 0.717) is 17.8 Å². The Labute approximate surface area is 100 Å². The van der Waals surface area contributed by atoms with E-state index < -0.39 is 0 Å². The first-order valence-corrected chi connectivity index (χ1v) is 5.64. The van der Waals surface area contributed by atoms with Crippen molar-refractivity contribution in [3.63, 3.8) is 0 Å². The van der Waals surface area contributed by atoms with Crippen molar-refractivity contribution in [3.8, 4) is 0 Å². The Morgan fingerprint density at radius 1 is 1.29 bits per heavy atom. The predicted octanol–water partition coefficient (Wildman–Crippen LogP) is 2.15. The minimum Gasteiger partial charge on any atom is -0.287 e. The third-order valence-corrected chi connectivity index (χ3v) is 2.72. The SMILES string of the molecule is CCn1nccc1C(=O)c1ccc(C)nc1C. The molecule has 4 nitrogen and oxygen atoms in total. The van der Waals surface area contributed by atoms with Gasteiger partial charge in [-0.1, -0.05) is 0 Å². The van der Waals surface area contributed by atoms with Crippen molar-refractivity contribution in [1.29, 1.82) is 0 Å². The molecule has 0 aliphatic carbocycles. The summed E-state index contributed by atoms with van der Waals surface area (Å²) in [6.07, 6.45) is 1.65. The lowest BCUT2D eigenvalue weighted by molar-refractivity contribution is 0.102. The maximum Gasteiger partial charge on any atom is 0.212 e. The van der Waals surface area contributed by atoms with Crippen LogP contribution in [0.5, 0.6) is 0 Å². The van der Waals surface area contributed by atoms with Crippen molar-refractivity contribution in [3.05, 3.63) is 47.0 Å². The van der Waals surface area contributed by atoms with Gasteiger partial charge in [-0.25, -0.2) is 0 Å². The minimum absolute atomic E-state index is 0.0191. The molecule has 0 radical (unpaired) electrons. The lowest BCUT2D eigenvalue weighted by Gasteiger charge is -2.06. The first kappa shape index (κ1) is 11.5. The molecule has 2 heterocycles. The van der Waals surface area contributed by atoms with Crippen molar-refractivity contribution < 1.29 is 4.79 Å². The quantitative estimate of drug-likeness (QED) is 0.758. The maximum absolute atomic E-state index is 12.3. The molecule has 0 spiro atoms. The Hall–Kier alpha value is -1.97. The van der Waals surface area contributed by atoms with E-state index in [-0.39, 0.29) is 5.78 Å². The highest BCUT2D eigenvalue weighted by atomic mass is 16.1. The lowest BCUT2D eigenvalue weighted by atomic mass is 10.1. The molecule has 0 saturated carbocycles. The Balaban J connectivity index is 2.44. The van der Waals surface area contributed by atoms with Gasteiger partial charge in [0.05, 0.1) is 0 Å². The van der Waals surface area contributed by atoms with Gasteiger partial charge >= 0.3 is 0 Å². The smallest absolute Gasteiger partial charge is 0.212 e. The second-order valence-corrected chi connectivity index (χ2v) is 3.95. The molecule has 0 aliphatic heterocycles. The molecule has 0 N–H and O–H groups in total. The Bertz CT molecular complexity index is 558. The van der Waals surface area contributed by atoms with E-state index in [9.17, 15) is 4.79 Å². The average molecular weight is 229 g/mol. The summed E-state index contributed by atoms with van der Waals surface area (Å²) in [6, 6.07) is 5.42. The van der Waals surface area contributed by atoms with Crippen LogP contribution in [0.2, 0.25) is 0 Å². The third kappa shape index (κ3) is 2.11. The molecule has 0 bridgehead atoms. The number of aryl methyl sites for hydroxylation is 3. The van der Waals surface area contributed by atoms with E-state index in [4.69, 9.17) is 0 Å². The van der Waals surface area contributed by atoms with E-state index in [0.717, 1.165) is 11.4 Å². The Morgan fingerprint density at radius 2 is 2.06 bits per heavy atom. The minimum atomic E-state index is -0.0191. The number of nitrogens with zero attached hydrogens (tertiary/aromatic N) is 3. The van der Waals surface area contributed by atoms with Crippen LogP contribution in [0.3, 0.4) is 0 Å². The molecule has 2 aromatic heterocycles. The van der Waals surface area contributed by atoms with Crippen molar-refractivity contribution >= 4 is 5.78 Å². The van der Waals surface area contributed by atoms with Gasteiger partial charge in [0.1, 0.15) is 5.69 Å². The standard InChI is InChI=1S/C13H15N3O/c1-4-16-12(7-8-14-16)13(17)11-6-5-9(2)15-10(11)3/h5-8H,4H2,1-3H3. The van der Waals surface area contributed by atoms with Crippen LogP contribution >= 0.6 is 0 Å². The molecular formula is C13H15N3O. The van der Waals surface area contributed by atoms with Crippen LogP contribution in [0.25, 0.3) is 0 Å². The summed E-state index contributed by atoms with van der Waals surface area (Å²) in [4.78, 5) is 16.6. The van der Waals surface area contributed by atoms with Gasteiger partial charge in [0.2, 0.25) is 5.78 Å². The molecule has 2 rings (SSSR count). The van der Waals surface area contributed by atoms with Crippen LogP contribution in [0.1, 0.15) is 34.4 Å². The molecule has 0 amide bonds. The van der Waals surface area contributed by atoms with E-state index in [1.165, 1.54) is 0 Å². The monoisotopic (exact) mass is 229 g/mol. The van der Waals surface area contributed by atoms with Crippen molar-refractivity contribution in [2.24, 2.45) is 0 Å². The maximum atomic E-state index is 12.3. The number of ketones is 1. The zero-order valence-electron chi connectivity index (χ0n) is 10.3. The van der Waals surface area contributed by atoms with Crippen molar-refractivity contribution in [1.82, 2.24) is 14.8 Å². The normalized spacial score (nSPS) is 10.5. The number of carbonyl (C=O) groups excluding carboxylic acids is 1. The van der Waals surface area contributed by atoms with Gasteiger partial charge in [-0.3, -0.25) is 14.5 Å². The molecule has 4 heteroatoms. The second-order valence-electron chi connectivity index (χ2n) is 3.95. The van der Waals surface area contributed by atoms with Crippen molar-refractivity contribution in [2.75, 3.05) is 0 Å². The number of hydrogen-bond acceptors (Lipinski definition) is 3. The van der Waals surface area contributed by atoms with Crippen LogP contribution in [-0.2, 0) is 6.54 Å². The van der Waals surface area contributed by atoms with Crippen LogP contribution in [0, 0.1) is 13.8 Å². The molecule has 0 fully saturated rings. The fraction of sp³-hybridized carbons (Fsp3) is 0.308. The van der Waals surface area contributed by atoms with E-state index in [1.807, 2.05) is 32.9 Å². The third-order valence-electron chi connectivity index (χ3n) is 2.72. The van der Waals surface area contributed by atoms with Crippen LogP contribution < -0.4 is 0 Å². The van der Waals surface area contributed by atoms with Gasteiger partial charge in [0, 0.05) is 29.7 Å². The molecule has 17 heavy (non-hydrogen) atoms. The van der Waals surface area contributed by atoms with E-state index in [2.05, 4.69) is 10.1 Å². The summed E-state index contributed by atoms with van der Waals surface area (Å²) in [7, 11) is 0. The number of pyridine rings is 1. The van der Waals surface area contributed by atoms with Gasteiger partial charge in [0.25, 0.3) is 0 Å². The summed E-state index contributed by atoms with van der Waals surface area (Å²) < 4.78 is 1.70. The Morgan fingerprint density at radius 3 is 2.71 bits per heavy atom. The molecule has 0 saturated heterocycles. The highest BCUT2D eigenvalue weighted by Gasteiger charge is 2.16. The highest BCUT2D eigenvalue weighted by Crippen LogP contribution is 2.13. The largest absolute Gasteiger partial charge is 0.287 e. The predicted molar refractivity (Wildman–Crippen MR) is 65.0 cm³/mol. The number of carbonyl (C=O) groups is 1. The Kier molecular flexibility index (Phi) is 3.04. The number of rotatable bonds is 3. The van der Waals surface area contributed by atoms with Gasteiger partial charge in [0.15, 0.2) is 0 Å². The fourth-order valence-corrected chi connectivity index (χ4v) is 1.84. The summed E-state index contributed by atoms with van der Waals surface area (Å²) in [5, 5.41) is 4.10. The molecule has 0 atom stereocenters. The van der Waals surface area contributed by atoms with E-state index in [1.54, 1.807) is 16.9 Å². The average Bonchev–Trinajstić information content (AvgIpc) is 2.76. The van der Waals surface area contributed by atoms with Gasteiger partial charge in [-0.15, -0.1) is 0 Å². The molecule has 88 valence electrons. The fourth-order valence-electron chi connectivity index (χ4n) is 1.84. The molecule has 0 aliphatic rings. The zero-order valence-corrected chi connectivity index (χ0v) is 10.3. The molecule has 0 aromatic carbocycles. The van der Waals surface area contributed by atoms with Crippen molar-refractivity contribution in [2.45, 2.75) is 27.3 Å². The van der Waals surface area contributed by atoms with Gasteiger partial charge in [-0.2, -0.15) is 5.10 Å². The number of aromatic nitrogens is 3. The van der Waals surface area contributed by atoms with Gasteiger partial charge < -0.3 is 0 Å². The summed E-state index contributed by atoms with van der Waals surface area (Å²) in [5.41, 5.74) is 2.94. The molecular weight excluding hydrogens is 214 g/mol. The highest BCUT2D eigenvalue weighted by molar-refractivity contribution is 6.08. The first-order valence-electron chi connectivity index (χ1n) is 5.64. The second kappa shape index (κ2) is 4.49. The van der Waals surface area contributed by atoms with Crippen LogP contribution in [-0.4, -0.2) is 20.5 Å². The van der Waals surface area contributed by atoms with Crippen LogP contribution in [0.4, 0.5) is 0 Å². The van der Waals surface area contributed by atoms with Crippen LogP contribution in [0.15, 0.2) is 24.4 Å². The first-order chi connectivity index (χ1) is 8.13. The number of hydrogen-bond donors (Lipinski definition) is 0. The zero-order chi connectivity index (χ0) is 12.4.